The molecule has 0 saturated carbocycles. The first kappa shape index (κ1) is 33.7. The molecule has 0 spiro atoms. The fraction of sp³-hybridized carbons (Fsp3) is 0.606. The molecule has 3 heterocycles. The summed E-state index contributed by atoms with van der Waals surface area (Å²) in [5, 5.41) is 13.5. The van der Waals surface area contributed by atoms with Crippen LogP contribution in [0.15, 0.2) is 29.3 Å². The zero-order chi connectivity index (χ0) is 29.9. The SMILES string of the molecule is CC(C)(C)Cc1c([SH+]C(C)(C)C)[nH]c2c(N3CCC(CCC(=O)CCCCCN4C(=O)C=CC4=O)C3)c(O)ccc12.[OH-]. The van der Waals surface area contributed by atoms with Crippen molar-refractivity contribution in [2.24, 2.45) is 11.3 Å². The number of hydrogen-bond donors (Lipinski definition) is 2. The summed E-state index contributed by atoms with van der Waals surface area (Å²) < 4.78 is 0.116. The largest absolute Gasteiger partial charge is 0.870 e. The lowest BCUT2D eigenvalue weighted by Crippen LogP contribution is -2.30. The minimum Gasteiger partial charge on any atom is -0.870 e. The Kier molecular flexibility index (Phi) is 11.0. The van der Waals surface area contributed by atoms with Crippen LogP contribution in [0.3, 0.4) is 0 Å². The number of benzene rings is 1. The molecule has 2 amide bonds. The Hall–Kier alpha value is -2.78. The average molecular weight is 600 g/mol. The number of anilines is 1. The molecule has 1 saturated heterocycles. The van der Waals surface area contributed by atoms with E-state index in [1.807, 2.05) is 6.07 Å². The Morgan fingerprint density at radius 1 is 1.02 bits per heavy atom. The molecule has 3 N–H and O–H groups in total. The van der Waals surface area contributed by atoms with Crippen molar-refractivity contribution in [1.29, 1.82) is 0 Å². The number of carbonyl (C=O) groups is 3. The Morgan fingerprint density at radius 2 is 1.71 bits per heavy atom. The van der Waals surface area contributed by atoms with E-state index in [4.69, 9.17) is 0 Å². The number of rotatable bonds is 12. The van der Waals surface area contributed by atoms with Crippen LogP contribution in [0.25, 0.3) is 10.9 Å². The number of nitrogens with one attached hydrogen (secondary N) is 1. The highest BCUT2D eigenvalue weighted by atomic mass is 32.2. The molecule has 9 heteroatoms. The molecule has 2 aliphatic rings. The van der Waals surface area contributed by atoms with Gasteiger partial charge in [-0.15, -0.1) is 0 Å². The lowest BCUT2D eigenvalue weighted by molar-refractivity contribution is -0.136. The van der Waals surface area contributed by atoms with Gasteiger partial charge in [0.05, 0.1) is 5.52 Å². The first-order valence-corrected chi connectivity index (χ1v) is 16.0. The molecule has 0 aliphatic carbocycles. The van der Waals surface area contributed by atoms with E-state index < -0.39 is 0 Å². The molecular weight excluding hydrogens is 550 g/mol. The third-order valence-corrected chi connectivity index (χ3v) is 9.11. The number of thiol groups is 1. The summed E-state index contributed by atoms with van der Waals surface area (Å²) in [6.07, 6.45) is 8.93. The third-order valence-electron chi connectivity index (χ3n) is 7.84. The molecule has 1 fully saturated rings. The van der Waals surface area contributed by atoms with Crippen molar-refractivity contribution in [2.45, 2.75) is 103 Å². The van der Waals surface area contributed by atoms with Crippen molar-refractivity contribution in [1.82, 2.24) is 9.88 Å². The molecule has 1 unspecified atom stereocenters. The molecule has 4 rings (SSSR count). The van der Waals surface area contributed by atoms with Crippen molar-refractivity contribution >= 4 is 45.9 Å². The van der Waals surface area contributed by atoms with Crippen LogP contribution >= 0.6 is 0 Å². The van der Waals surface area contributed by atoms with E-state index in [-0.39, 0.29) is 33.2 Å². The highest BCUT2D eigenvalue weighted by molar-refractivity contribution is 7.80. The second-order valence-electron chi connectivity index (χ2n) is 14.0. The number of phenolic OH excluding ortho intramolecular Hbond substituents is 1. The summed E-state index contributed by atoms with van der Waals surface area (Å²) in [7, 11) is 0. The van der Waals surface area contributed by atoms with Crippen LogP contribution in [0.4, 0.5) is 5.69 Å². The number of carbonyl (C=O) groups excluding carboxylic acids is 3. The Bertz CT molecular complexity index is 1300. The first-order valence-electron chi connectivity index (χ1n) is 15.1. The second-order valence-corrected chi connectivity index (χ2v) is 16.0. The predicted molar refractivity (Wildman–Crippen MR) is 171 cm³/mol. The fourth-order valence-corrected chi connectivity index (χ4v) is 7.09. The topological polar surface area (TPSA) is 124 Å². The molecule has 0 bridgehead atoms. The molecule has 2 aromatic rings. The van der Waals surface area contributed by atoms with E-state index in [9.17, 15) is 19.5 Å². The van der Waals surface area contributed by atoms with Gasteiger partial charge in [0.2, 0.25) is 5.03 Å². The smallest absolute Gasteiger partial charge is 0.253 e. The molecule has 1 aromatic carbocycles. The van der Waals surface area contributed by atoms with E-state index in [1.54, 1.807) is 0 Å². The number of hydrogen-bond acceptors (Lipinski definition) is 6. The van der Waals surface area contributed by atoms with Gasteiger partial charge < -0.3 is 20.5 Å². The fourth-order valence-electron chi connectivity index (χ4n) is 5.92. The molecule has 232 valence electrons. The molecule has 8 nitrogen and oxygen atoms in total. The van der Waals surface area contributed by atoms with Gasteiger partial charge in [0.15, 0.2) is 0 Å². The summed E-state index contributed by atoms with van der Waals surface area (Å²) in [5.74, 6) is 0.528. The molecule has 42 heavy (non-hydrogen) atoms. The molecule has 1 atom stereocenters. The van der Waals surface area contributed by atoms with Gasteiger partial charge in [0.1, 0.15) is 22.0 Å². The van der Waals surface area contributed by atoms with Crippen molar-refractivity contribution in [3.63, 3.8) is 0 Å². The predicted octanol–water partition coefficient (Wildman–Crippen LogP) is 5.92. The zero-order valence-electron chi connectivity index (χ0n) is 26.1. The van der Waals surface area contributed by atoms with Gasteiger partial charge >= 0.3 is 0 Å². The Balaban J connectivity index is 0.00000484. The lowest BCUT2D eigenvalue weighted by atomic mass is 9.88. The van der Waals surface area contributed by atoms with E-state index in [1.165, 1.54) is 44.8 Å². The number of ketones is 1. The molecule has 1 aromatic heterocycles. The maximum Gasteiger partial charge on any atom is 0.253 e. The van der Waals surface area contributed by atoms with Crippen molar-refractivity contribution < 1.29 is 25.0 Å². The number of aromatic amines is 1. The number of aromatic nitrogens is 1. The Morgan fingerprint density at radius 3 is 2.36 bits per heavy atom. The standard InChI is InChI=1S/C33H47N3O4S.H2O/c1-32(2,3)20-25-24-13-14-26(38)30(29(24)34-31(25)41-33(4,5)6)35-19-17-22(21-35)11-12-23(37)10-8-7-9-18-36-27(39)15-16-28(36)40;/h13-16,22,34,38H,7-12,17-21H2,1-6H3;1H2. The van der Waals surface area contributed by atoms with Crippen LogP contribution in [0.2, 0.25) is 0 Å². The number of unbranched alkanes of at least 4 members (excludes halogenated alkanes) is 2. The van der Waals surface area contributed by atoms with Gasteiger partial charge in [-0.2, -0.15) is 0 Å². The zero-order valence-corrected chi connectivity index (χ0v) is 27.0. The summed E-state index contributed by atoms with van der Waals surface area (Å²) >= 11 is 1.25. The number of aromatic hydroxyl groups is 1. The minimum atomic E-state index is -0.243. The highest BCUT2D eigenvalue weighted by Crippen LogP contribution is 2.42. The Labute approximate surface area is 254 Å². The van der Waals surface area contributed by atoms with E-state index >= 15 is 0 Å². The van der Waals surface area contributed by atoms with Crippen molar-refractivity contribution in [3.05, 3.63) is 29.8 Å². The van der Waals surface area contributed by atoms with Crippen LogP contribution in [0, 0.1) is 11.3 Å². The number of imide groups is 1. The third kappa shape index (κ3) is 8.63. The number of fused-ring (bicyclic) bond motifs is 1. The van der Waals surface area contributed by atoms with Crippen molar-refractivity contribution in [2.75, 3.05) is 24.5 Å². The van der Waals surface area contributed by atoms with E-state index in [2.05, 4.69) is 57.5 Å². The second kappa shape index (κ2) is 13.7. The maximum absolute atomic E-state index is 12.6. The summed E-state index contributed by atoms with van der Waals surface area (Å²) in [6, 6.07) is 3.91. The monoisotopic (exact) mass is 599 g/mol. The van der Waals surface area contributed by atoms with Gasteiger partial charge in [0.25, 0.3) is 11.8 Å². The average Bonchev–Trinajstić information content (AvgIpc) is 3.54. The van der Waals surface area contributed by atoms with Crippen LogP contribution < -0.4 is 4.90 Å². The normalized spacial score (nSPS) is 17.5. The van der Waals surface area contributed by atoms with Crippen LogP contribution in [-0.4, -0.2) is 62.4 Å². The van der Waals surface area contributed by atoms with Crippen LogP contribution in [-0.2, 0) is 32.6 Å². The maximum atomic E-state index is 12.6. The minimum absolute atomic E-state index is 0. The number of phenols is 1. The van der Waals surface area contributed by atoms with Gasteiger partial charge in [-0.3, -0.25) is 19.3 Å². The van der Waals surface area contributed by atoms with E-state index in [0.717, 1.165) is 62.8 Å². The molecule has 0 radical (unpaired) electrons. The summed E-state index contributed by atoms with van der Waals surface area (Å²) in [4.78, 5) is 43.1. The number of Topliss-reactive ketones (excluding diaryl/α,β-unsaturated/α-hetero) is 1. The number of H-pyrrole nitrogens is 1. The number of amides is 2. The van der Waals surface area contributed by atoms with Gasteiger partial charge in [-0.25, -0.2) is 0 Å². The highest BCUT2D eigenvalue weighted by Gasteiger charge is 2.32. The quantitative estimate of drug-likeness (QED) is 0.135. The van der Waals surface area contributed by atoms with Gasteiger partial charge in [-0.1, -0.05) is 27.2 Å². The summed E-state index contributed by atoms with van der Waals surface area (Å²) in [6.45, 7) is 15.7. The van der Waals surface area contributed by atoms with Crippen molar-refractivity contribution in [3.8, 4) is 5.75 Å². The lowest BCUT2D eigenvalue weighted by Gasteiger charge is -2.21. The first-order chi connectivity index (χ1) is 19.2. The van der Waals surface area contributed by atoms with Crippen LogP contribution in [0.5, 0.6) is 5.75 Å². The molecular formula is C33H49N3O5S. The van der Waals surface area contributed by atoms with Gasteiger partial charge in [0, 0.05) is 67.3 Å². The van der Waals surface area contributed by atoms with E-state index in [0.29, 0.717) is 31.1 Å². The molecule has 2 aliphatic heterocycles. The van der Waals surface area contributed by atoms with Gasteiger partial charge in [-0.05, 0) is 76.3 Å². The number of nitrogens with zero attached hydrogens (tertiary/aromatic N) is 2. The summed E-state index contributed by atoms with van der Waals surface area (Å²) in [5.41, 5.74) is 3.42. The van der Waals surface area contributed by atoms with Crippen LogP contribution in [0.1, 0.15) is 92.1 Å².